The third kappa shape index (κ3) is 2.83. The molecular weight excluding hydrogens is 301 g/mol. The number of hydrogen-bond acceptors (Lipinski definition) is 1. The van der Waals surface area contributed by atoms with Crippen molar-refractivity contribution in [3.8, 4) is 0 Å². The Bertz CT molecular complexity index is 620. The van der Waals surface area contributed by atoms with Gasteiger partial charge in [0.15, 0.2) is 0 Å². The van der Waals surface area contributed by atoms with Gasteiger partial charge in [-0.2, -0.15) is 0 Å². The summed E-state index contributed by atoms with van der Waals surface area (Å²) in [6.07, 6.45) is 3.34. The molecule has 0 radical (unpaired) electrons. The van der Waals surface area contributed by atoms with Gasteiger partial charge in [-0.1, -0.05) is 65.7 Å². The number of benzene rings is 2. The van der Waals surface area contributed by atoms with Gasteiger partial charge in [-0.05, 0) is 43.5 Å². The fraction of sp³-hybridized carbons (Fsp3) is 0.333. The minimum absolute atomic E-state index is 0.238. The number of hydrogen-bond donors (Lipinski definition) is 1. The van der Waals surface area contributed by atoms with Crippen LogP contribution in [0.15, 0.2) is 48.5 Å². The quantitative estimate of drug-likeness (QED) is 0.830. The maximum Gasteiger partial charge on any atom is 0.0624 e. The Morgan fingerprint density at radius 2 is 1.76 bits per heavy atom. The van der Waals surface area contributed by atoms with E-state index in [1.165, 1.54) is 18.4 Å². The van der Waals surface area contributed by atoms with Gasteiger partial charge in [-0.25, -0.2) is 0 Å². The molecule has 1 aliphatic carbocycles. The molecule has 1 N–H and O–H groups in total. The van der Waals surface area contributed by atoms with E-state index in [-0.39, 0.29) is 5.41 Å². The lowest BCUT2D eigenvalue weighted by atomic mass is 9.84. The van der Waals surface area contributed by atoms with Gasteiger partial charge >= 0.3 is 0 Å². The molecule has 3 heteroatoms. The molecular formula is C18H19Cl2N. The van der Waals surface area contributed by atoms with E-state index in [0.717, 1.165) is 12.0 Å². The molecule has 1 aliphatic rings. The van der Waals surface area contributed by atoms with Crippen LogP contribution in [0.1, 0.15) is 24.0 Å². The van der Waals surface area contributed by atoms with Crippen molar-refractivity contribution in [2.45, 2.75) is 30.7 Å². The number of halogens is 2. The number of rotatable bonds is 5. The van der Waals surface area contributed by atoms with Crippen molar-refractivity contribution < 1.29 is 0 Å². The molecule has 0 heterocycles. The lowest BCUT2D eigenvalue weighted by Crippen LogP contribution is -2.39. The number of likely N-dealkylation sites (N-methyl/N-ethyl adjacent to an activating group) is 1. The predicted octanol–water partition coefficient (Wildman–Crippen LogP) is 4.86. The van der Waals surface area contributed by atoms with E-state index in [4.69, 9.17) is 23.2 Å². The Kier molecular flexibility index (Phi) is 4.26. The highest BCUT2D eigenvalue weighted by atomic mass is 35.5. The number of nitrogens with one attached hydrogen (secondary N) is 1. The third-order valence-corrected chi connectivity index (χ3v) is 5.47. The minimum Gasteiger partial charge on any atom is -0.316 e. The van der Waals surface area contributed by atoms with Gasteiger partial charge in [0, 0.05) is 11.5 Å². The highest BCUT2D eigenvalue weighted by Gasteiger charge is 2.49. The molecule has 2 aromatic rings. The molecule has 0 bridgehead atoms. The summed E-state index contributed by atoms with van der Waals surface area (Å²) < 4.78 is 0. The molecule has 0 amide bonds. The standard InChI is InChI=1S/C18H19Cl2N/c1-21-16(12-13-6-5-9-15(19)17(13)20)18(10-11-18)14-7-3-2-4-8-14/h2-9,16,21H,10-12H2,1H3. The lowest BCUT2D eigenvalue weighted by Gasteiger charge is -2.28. The molecule has 1 atom stereocenters. The average Bonchev–Trinajstić information content (AvgIpc) is 3.31. The van der Waals surface area contributed by atoms with Crippen LogP contribution in [0.5, 0.6) is 0 Å². The van der Waals surface area contributed by atoms with Crippen LogP contribution in [0.2, 0.25) is 10.0 Å². The van der Waals surface area contributed by atoms with Crippen LogP contribution in [-0.4, -0.2) is 13.1 Å². The molecule has 110 valence electrons. The van der Waals surface area contributed by atoms with Crippen molar-refractivity contribution in [2.75, 3.05) is 7.05 Å². The van der Waals surface area contributed by atoms with Crippen molar-refractivity contribution in [3.63, 3.8) is 0 Å². The smallest absolute Gasteiger partial charge is 0.0624 e. The van der Waals surface area contributed by atoms with Gasteiger partial charge in [0.25, 0.3) is 0 Å². The van der Waals surface area contributed by atoms with Crippen LogP contribution >= 0.6 is 23.2 Å². The first-order chi connectivity index (χ1) is 10.2. The Morgan fingerprint density at radius 1 is 1.05 bits per heavy atom. The van der Waals surface area contributed by atoms with Crippen LogP contribution in [0.3, 0.4) is 0 Å². The fourth-order valence-corrected chi connectivity index (χ4v) is 3.64. The van der Waals surface area contributed by atoms with E-state index in [9.17, 15) is 0 Å². The summed E-state index contributed by atoms with van der Waals surface area (Å²) in [6, 6.07) is 17.0. The zero-order valence-corrected chi connectivity index (χ0v) is 13.6. The van der Waals surface area contributed by atoms with E-state index < -0.39 is 0 Å². The van der Waals surface area contributed by atoms with Gasteiger partial charge in [-0.15, -0.1) is 0 Å². The molecule has 3 rings (SSSR count). The van der Waals surface area contributed by atoms with E-state index in [0.29, 0.717) is 16.1 Å². The Labute approximate surface area is 136 Å². The highest BCUT2D eigenvalue weighted by Crippen LogP contribution is 2.51. The minimum atomic E-state index is 0.238. The van der Waals surface area contributed by atoms with Crippen molar-refractivity contribution in [1.29, 1.82) is 0 Å². The van der Waals surface area contributed by atoms with Crippen molar-refractivity contribution in [1.82, 2.24) is 5.32 Å². The van der Waals surface area contributed by atoms with Crippen LogP contribution in [-0.2, 0) is 11.8 Å². The maximum atomic E-state index is 6.35. The average molecular weight is 320 g/mol. The Balaban J connectivity index is 1.88. The van der Waals surface area contributed by atoms with Crippen LogP contribution < -0.4 is 5.32 Å². The Hall–Kier alpha value is -1.02. The molecule has 0 saturated heterocycles. The molecule has 21 heavy (non-hydrogen) atoms. The van der Waals surface area contributed by atoms with Crippen LogP contribution in [0, 0.1) is 0 Å². The zero-order chi connectivity index (χ0) is 14.9. The lowest BCUT2D eigenvalue weighted by molar-refractivity contribution is 0.442. The van der Waals surface area contributed by atoms with Gasteiger partial charge in [0.05, 0.1) is 10.0 Å². The first-order valence-electron chi connectivity index (χ1n) is 7.33. The summed E-state index contributed by atoms with van der Waals surface area (Å²) in [7, 11) is 2.03. The van der Waals surface area contributed by atoms with Crippen LogP contribution in [0.4, 0.5) is 0 Å². The Morgan fingerprint density at radius 3 is 2.38 bits per heavy atom. The van der Waals surface area contributed by atoms with E-state index >= 15 is 0 Å². The molecule has 1 fully saturated rings. The zero-order valence-electron chi connectivity index (χ0n) is 12.1. The predicted molar refractivity (Wildman–Crippen MR) is 90.4 cm³/mol. The second-order valence-corrected chi connectivity index (χ2v) is 6.57. The molecule has 1 unspecified atom stereocenters. The summed E-state index contributed by atoms with van der Waals surface area (Å²) in [5.41, 5.74) is 2.77. The molecule has 0 spiro atoms. The van der Waals surface area contributed by atoms with Gasteiger partial charge in [-0.3, -0.25) is 0 Å². The molecule has 2 aromatic carbocycles. The first kappa shape index (κ1) is 14.9. The first-order valence-corrected chi connectivity index (χ1v) is 8.08. The largest absolute Gasteiger partial charge is 0.316 e. The van der Waals surface area contributed by atoms with Crippen molar-refractivity contribution >= 4 is 23.2 Å². The SMILES string of the molecule is CNC(Cc1cccc(Cl)c1Cl)C1(c2ccccc2)CC1. The molecule has 1 saturated carbocycles. The van der Waals surface area contributed by atoms with E-state index in [1.54, 1.807) is 0 Å². The summed E-state index contributed by atoms with van der Waals surface area (Å²) in [6.45, 7) is 0. The molecule has 1 nitrogen and oxygen atoms in total. The molecule has 0 aromatic heterocycles. The second-order valence-electron chi connectivity index (χ2n) is 5.78. The summed E-state index contributed by atoms with van der Waals surface area (Å²) >= 11 is 12.5. The second kappa shape index (κ2) is 6.00. The van der Waals surface area contributed by atoms with Crippen molar-refractivity contribution in [3.05, 3.63) is 69.7 Å². The van der Waals surface area contributed by atoms with Crippen LogP contribution in [0.25, 0.3) is 0 Å². The summed E-state index contributed by atoms with van der Waals surface area (Å²) in [5.74, 6) is 0. The van der Waals surface area contributed by atoms with E-state index in [1.807, 2.05) is 19.2 Å². The highest BCUT2D eigenvalue weighted by molar-refractivity contribution is 6.42. The normalized spacial score (nSPS) is 17.5. The maximum absolute atomic E-state index is 6.35. The summed E-state index contributed by atoms with van der Waals surface area (Å²) in [4.78, 5) is 0. The van der Waals surface area contributed by atoms with Gasteiger partial charge in [0.2, 0.25) is 0 Å². The van der Waals surface area contributed by atoms with Gasteiger partial charge in [0.1, 0.15) is 0 Å². The fourth-order valence-electron chi connectivity index (χ4n) is 3.24. The van der Waals surface area contributed by atoms with Crippen molar-refractivity contribution in [2.24, 2.45) is 0 Å². The molecule has 0 aliphatic heterocycles. The van der Waals surface area contributed by atoms with E-state index in [2.05, 4.69) is 41.7 Å². The summed E-state index contributed by atoms with van der Waals surface area (Å²) in [5, 5.41) is 4.81. The van der Waals surface area contributed by atoms with Gasteiger partial charge < -0.3 is 5.32 Å². The topological polar surface area (TPSA) is 12.0 Å². The third-order valence-electron chi connectivity index (χ3n) is 4.61. The monoisotopic (exact) mass is 319 g/mol.